The van der Waals surface area contributed by atoms with Crippen LogP contribution in [0, 0.1) is 0 Å². The molecule has 0 spiro atoms. The van der Waals surface area contributed by atoms with Crippen molar-refractivity contribution in [2.45, 2.75) is 12.8 Å². The molecule has 0 fully saturated rings. The van der Waals surface area contributed by atoms with Gasteiger partial charge in [-0.05, 0) is 18.2 Å². The van der Waals surface area contributed by atoms with Gasteiger partial charge in [-0.25, -0.2) is 0 Å². The number of hydrogen-bond acceptors (Lipinski definition) is 2. The number of aliphatic carboxylic acids is 1. The number of carbonyl (C=O) groups excluding carboxylic acids is 1. The van der Waals surface area contributed by atoms with Crippen LogP contribution in [0.1, 0.15) is 23.2 Å². The van der Waals surface area contributed by atoms with Crippen LogP contribution < -0.4 is 0 Å². The first-order valence-corrected chi connectivity index (χ1v) is 5.38. The summed E-state index contributed by atoms with van der Waals surface area (Å²) in [6.45, 7) is 0. The van der Waals surface area contributed by atoms with Crippen LogP contribution in [0.5, 0.6) is 0 Å². The number of benzene rings is 1. The molecule has 3 nitrogen and oxygen atoms in total. The average Bonchev–Trinajstić information content (AvgIpc) is 2.18. The molecular formula is C10H8BrClO3. The topological polar surface area (TPSA) is 54.4 Å². The molecule has 15 heavy (non-hydrogen) atoms. The Morgan fingerprint density at radius 1 is 1.33 bits per heavy atom. The van der Waals surface area contributed by atoms with Gasteiger partial charge in [0.15, 0.2) is 5.78 Å². The lowest BCUT2D eigenvalue weighted by atomic mass is 10.1. The lowest BCUT2D eigenvalue weighted by Gasteiger charge is -2.02. The summed E-state index contributed by atoms with van der Waals surface area (Å²) in [6.07, 6.45) is -0.215. The van der Waals surface area contributed by atoms with Crippen molar-refractivity contribution in [2.75, 3.05) is 0 Å². The molecule has 0 aromatic heterocycles. The Bertz CT molecular complexity index is 404. The molecule has 0 aliphatic carbocycles. The van der Waals surface area contributed by atoms with E-state index in [1.807, 2.05) is 0 Å². The molecular weight excluding hydrogens is 283 g/mol. The zero-order valence-electron chi connectivity index (χ0n) is 7.67. The number of ketones is 1. The molecule has 0 saturated carbocycles. The molecule has 0 bridgehead atoms. The standard InChI is InChI=1S/C10H8BrClO3/c11-6-1-2-8(12)7(5-6)9(13)3-4-10(14)15/h1-2,5H,3-4H2,(H,14,15). The fourth-order valence-corrected chi connectivity index (χ4v) is 1.65. The molecule has 80 valence electrons. The number of carboxylic acids is 1. The Balaban J connectivity index is 2.81. The maximum atomic E-state index is 11.6. The summed E-state index contributed by atoms with van der Waals surface area (Å²) in [5.41, 5.74) is 0.354. The highest BCUT2D eigenvalue weighted by molar-refractivity contribution is 9.10. The number of halogens is 2. The first kappa shape index (κ1) is 12.2. The Hall–Kier alpha value is -0.870. The van der Waals surface area contributed by atoms with Gasteiger partial charge in [0.2, 0.25) is 0 Å². The quantitative estimate of drug-likeness (QED) is 0.867. The third kappa shape index (κ3) is 3.64. The second kappa shape index (κ2) is 5.28. The summed E-state index contributed by atoms with van der Waals surface area (Å²) in [6, 6.07) is 4.91. The molecule has 0 heterocycles. The van der Waals surface area contributed by atoms with Crippen LogP contribution in [-0.2, 0) is 4.79 Å². The summed E-state index contributed by atoms with van der Waals surface area (Å²) >= 11 is 9.03. The summed E-state index contributed by atoms with van der Waals surface area (Å²) in [7, 11) is 0. The first-order chi connectivity index (χ1) is 7.00. The maximum absolute atomic E-state index is 11.6. The molecule has 0 radical (unpaired) electrons. The highest BCUT2D eigenvalue weighted by atomic mass is 79.9. The van der Waals surface area contributed by atoms with Crippen molar-refractivity contribution in [1.82, 2.24) is 0 Å². The second-order valence-corrected chi connectivity index (χ2v) is 4.26. The SMILES string of the molecule is O=C(O)CCC(=O)c1cc(Br)ccc1Cl. The van der Waals surface area contributed by atoms with Crippen LogP contribution in [0.3, 0.4) is 0 Å². The van der Waals surface area contributed by atoms with Crippen molar-refractivity contribution in [3.8, 4) is 0 Å². The van der Waals surface area contributed by atoms with Crippen molar-refractivity contribution in [1.29, 1.82) is 0 Å². The van der Waals surface area contributed by atoms with E-state index in [4.69, 9.17) is 16.7 Å². The van der Waals surface area contributed by atoms with Crippen LogP contribution in [0.25, 0.3) is 0 Å². The summed E-state index contributed by atoms with van der Waals surface area (Å²) in [5.74, 6) is -1.25. The molecule has 1 aromatic rings. The van der Waals surface area contributed by atoms with Crippen molar-refractivity contribution < 1.29 is 14.7 Å². The van der Waals surface area contributed by atoms with Gasteiger partial charge in [-0.15, -0.1) is 0 Å². The Morgan fingerprint density at radius 3 is 2.60 bits per heavy atom. The number of carboxylic acid groups (broad SMARTS) is 1. The van der Waals surface area contributed by atoms with Gasteiger partial charge in [-0.1, -0.05) is 27.5 Å². The highest BCUT2D eigenvalue weighted by Gasteiger charge is 2.12. The number of Topliss-reactive ketones (excluding diaryl/α,β-unsaturated/α-hetero) is 1. The summed E-state index contributed by atoms with van der Waals surface area (Å²) in [4.78, 5) is 21.8. The first-order valence-electron chi connectivity index (χ1n) is 4.20. The average molecular weight is 292 g/mol. The van der Waals surface area contributed by atoms with Crippen LogP contribution in [0.2, 0.25) is 5.02 Å². The third-order valence-corrected chi connectivity index (χ3v) is 2.62. The minimum atomic E-state index is -0.991. The molecule has 0 aliphatic heterocycles. The zero-order valence-corrected chi connectivity index (χ0v) is 10.0. The van der Waals surface area contributed by atoms with E-state index in [1.54, 1.807) is 18.2 Å². The number of rotatable bonds is 4. The monoisotopic (exact) mass is 290 g/mol. The van der Waals surface area contributed by atoms with Gasteiger partial charge in [0.25, 0.3) is 0 Å². The molecule has 5 heteroatoms. The lowest BCUT2D eigenvalue weighted by molar-refractivity contribution is -0.136. The largest absolute Gasteiger partial charge is 0.481 e. The molecule has 0 atom stereocenters. The van der Waals surface area contributed by atoms with E-state index < -0.39 is 5.97 Å². The van der Waals surface area contributed by atoms with Crippen LogP contribution in [0.15, 0.2) is 22.7 Å². The molecule has 1 aromatic carbocycles. The van der Waals surface area contributed by atoms with Gasteiger partial charge in [0.05, 0.1) is 11.4 Å². The van der Waals surface area contributed by atoms with Gasteiger partial charge < -0.3 is 5.11 Å². The van der Waals surface area contributed by atoms with E-state index in [0.29, 0.717) is 10.6 Å². The Morgan fingerprint density at radius 2 is 2.00 bits per heavy atom. The summed E-state index contributed by atoms with van der Waals surface area (Å²) < 4.78 is 0.741. The predicted molar refractivity (Wildman–Crippen MR) is 60.4 cm³/mol. The van der Waals surface area contributed by atoms with Gasteiger partial charge in [-0.2, -0.15) is 0 Å². The van der Waals surface area contributed by atoms with Crippen LogP contribution in [-0.4, -0.2) is 16.9 Å². The van der Waals surface area contributed by atoms with Crippen LogP contribution in [0.4, 0.5) is 0 Å². The smallest absolute Gasteiger partial charge is 0.303 e. The number of hydrogen-bond donors (Lipinski definition) is 1. The van der Waals surface area contributed by atoms with Gasteiger partial charge in [0.1, 0.15) is 0 Å². The van der Waals surface area contributed by atoms with Gasteiger partial charge >= 0.3 is 5.97 Å². The van der Waals surface area contributed by atoms with Crippen molar-refractivity contribution >= 4 is 39.3 Å². The normalized spacial score (nSPS) is 10.0. The molecule has 0 saturated heterocycles. The van der Waals surface area contributed by atoms with Gasteiger partial charge in [0, 0.05) is 16.5 Å². The van der Waals surface area contributed by atoms with E-state index in [9.17, 15) is 9.59 Å². The molecule has 0 amide bonds. The van der Waals surface area contributed by atoms with E-state index in [-0.39, 0.29) is 18.6 Å². The van der Waals surface area contributed by atoms with E-state index in [1.165, 1.54) is 0 Å². The second-order valence-electron chi connectivity index (χ2n) is 2.94. The zero-order chi connectivity index (χ0) is 11.4. The minimum absolute atomic E-state index is 0.0362. The Kier molecular flexibility index (Phi) is 4.29. The highest BCUT2D eigenvalue weighted by Crippen LogP contribution is 2.22. The molecule has 1 N–H and O–H groups in total. The van der Waals surface area contributed by atoms with Crippen molar-refractivity contribution in [2.24, 2.45) is 0 Å². The van der Waals surface area contributed by atoms with E-state index in [2.05, 4.69) is 15.9 Å². The lowest BCUT2D eigenvalue weighted by Crippen LogP contribution is -2.04. The number of carbonyl (C=O) groups is 2. The predicted octanol–water partition coefficient (Wildman–Crippen LogP) is 3.15. The Labute approximate surface area is 100 Å². The molecule has 0 aliphatic rings. The molecule has 1 rings (SSSR count). The van der Waals surface area contributed by atoms with E-state index in [0.717, 1.165) is 4.47 Å². The van der Waals surface area contributed by atoms with Gasteiger partial charge in [-0.3, -0.25) is 9.59 Å². The van der Waals surface area contributed by atoms with Crippen molar-refractivity contribution in [3.05, 3.63) is 33.3 Å². The minimum Gasteiger partial charge on any atom is -0.481 e. The van der Waals surface area contributed by atoms with Crippen molar-refractivity contribution in [3.63, 3.8) is 0 Å². The summed E-state index contributed by atoms with van der Waals surface area (Å²) in [5, 5.41) is 8.78. The van der Waals surface area contributed by atoms with Crippen LogP contribution >= 0.6 is 27.5 Å². The fourth-order valence-electron chi connectivity index (χ4n) is 1.07. The molecule has 0 unspecified atom stereocenters. The van der Waals surface area contributed by atoms with E-state index >= 15 is 0 Å². The fraction of sp³-hybridized carbons (Fsp3) is 0.200. The third-order valence-electron chi connectivity index (χ3n) is 1.79. The maximum Gasteiger partial charge on any atom is 0.303 e.